The Labute approximate surface area is 91.1 Å². The molecule has 4 heteroatoms. The number of alkyl halides is 1. The van der Waals surface area contributed by atoms with E-state index in [1.807, 2.05) is 0 Å². The van der Waals surface area contributed by atoms with Crippen LogP contribution in [0.5, 0.6) is 11.5 Å². The molecule has 76 valence electrons. The molecule has 0 saturated heterocycles. The smallest absolute Gasteiger partial charge is 0.154 e. The van der Waals surface area contributed by atoms with E-state index in [0.29, 0.717) is 22.4 Å². The number of hydrogen-bond acceptors (Lipinski definition) is 3. The van der Waals surface area contributed by atoms with E-state index < -0.39 is 0 Å². The van der Waals surface area contributed by atoms with Crippen LogP contribution >= 0.6 is 15.9 Å². The second-order valence-electron chi connectivity index (χ2n) is 2.61. The van der Waals surface area contributed by atoms with E-state index in [1.165, 1.54) is 7.11 Å². The minimum atomic E-state index is 0.531. The Morgan fingerprint density at radius 2 is 1.86 bits per heavy atom. The highest BCUT2D eigenvalue weighted by atomic mass is 79.9. The SMILES string of the molecule is COc1ccc(OC)c(CBr)c1C=O. The van der Waals surface area contributed by atoms with Crippen molar-refractivity contribution in [2.45, 2.75) is 5.33 Å². The van der Waals surface area contributed by atoms with Crippen molar-refractivity contribution in [2.24, 2.45) is 0 Å². The van der Waals surface area contributed by atoms with Crippen molar-refractivity contribution < 1.29 is 14.3 Å². The Kier molecular flexibility index (Phi) is 3.95. The van der Waals surface area contributed by atoms with Gasteiger partial charge in [0, 0.05) is 10.9 Å². The molecule has 0 fully saturated rings. The third kappa shape index (κ3) is 1.90. The van der Waals surface area contributed by atoms with Gasteiger partial charge in [-0.3, -0.25) is 4.79 Å². The Morgan fingerprint density at radius 1 is 1.29 bits per heavy atom. The van der Waals surface area contributed by atoms with Crippen molar-refractivity contribution in [3.8, 4) is 11.5 Å². The molecule has 0 spiro atoms. The standard InChI is InChI=1S/C10H11BrO3/c1-13-9-3-4-10(14-2)8(6-12)7(9)5-11/h3-4,6H,5H2,1-2H3. The van der Waals surface area contributed by atoms with Gasteiger partial charge < -0.3 is 9.47 Å². The highest BCUT2D eigenvalue weighted by molar-refractivity contribution is 9.08. The van der Waals surface area contributed by atoms with E-state index in [4.69, 9.17) is 9.47 Å². The number of halogens is 1. The lowest BCUT2D eigenvalue weighted by molar-refractivity contribution is 0.111. The van der Waals surface area contributed by atoms with Gasteiger partial charge in [0.25, 0.3) is 0 Å². The number of benzene rings is 1. The zero-order valence-corrected chi connectivity index (χ0v) is 9.63. The van der Waals surface area contributed by atoms with Crippen LogP contribution in [0.25, 0.3) is 0 Å². The van der Waals surface area contributed by atoms with Gasteiger partial charge in [-0.15, -0.1) is 0 Å². The lowest BCUT2D eigenvalue weighted by Crippen LogP contribution is -1.98. The van der Waals surface area contributed by atoms with Gasteiger partial charge in [0.05, 0.1) is 19.8 Å². The molecule has 0 aliphatic heterocycles. The van der Waals surface area contributed by atoms with Crippen LogP contribution in [0.15, 0.2) is 12.1 Å². The third-order valence-electron chi connectivity index (χ3n) is 1.97. The average Bonchev–Trinajstić information content (AvgIpc) is 2.26. The molecular weight excluding hydrogens is 248 g/mol. The van der Waals surface area contributed by atoms with Gasteiger partial charge in [-0.1, -0.05) is 15.9 Å². The van der Waals surface area contributed by atoms with Crippen LogP contribution in [0.1, 0.15) is 15.9 Å². The molecule has 0 radical (unpaired) electrons. The molecule has 14 heavy (non-hydrogen) atoms. The van der Waals surface area contributed by atoms with Crippen LogP contribution < -0.4 is 9.47 Å². The number of carbonyl (C=O) groups is 1. The van der Waals surface area contributed by atoms with Gasteiger partial charge in [0.2, 0.25) is 0 Å². The summed E-state index contributed by atoms with van der Waals surface area (Å²) in [5.41, 5.74) is 1.34. The first-order valence-corrected chi connectivity index (χ1v) is 5.15. The zero-order valence-electron chi connectivity index (χ0n) is 8.04. The van der Waals surface area contributed by atoms with E-state index in [-0.39, 0.29) is 0 Å². The molecule has 0 amide bonds. The zero-order chi connectivity index (χ0) is 10.6. The van der Waals surface area contributed by atoms with Crippen molar-refractivity contribution in [1.82, 2.24) is 0 Å². The lowest BCUT2D eigenvalue weighted by atomic mass is 10.1. The molecule has 3 nitrogen and oxygen atoms in total. The molecule has 1 aromatic rings. The topological polar surface area (TPSA) is 35.5 Å². The molecular formula is C10H11BrO3. The molecule has 0 unspecified atom stereocenters. The number of ether oxygens (including phenoxy) is 2. The maximum absolute atomic E-state index is 10.9. The molecule has 1 rings (SSSR count). The normalized spacial score (nSPS) is 9.64. The fraction of sp³-hybridized carbons (Fsp3) is 0.300. The summed E-state index contributed by atoms with van der Waals surface area (Å²) >= 11 is 3.31. The van der Waals surface area contributed by atoms with Crippen LogP contribution in [0.2, 0.25) is 0 Å². The molecule has 1 aromatic carbocycles. The fourth-order valence-electron chi connectivity index (χ4n) is 1.26. The van der Waals surface area contributed by atoms with Crippen LogP contribution in [0.3, 0.4) is 0 Å². The third-order valence-corrected chi connectivity index (χ3v) is 2.53. The van der Waals surface area contributed by atoms with Crippen molar-refractivity contribution in [2.75, 3.05) is 14.2 Å². The van der Waals surface area contributed by atoms with E-state index >= 15 is 0 Å². The van der Waals surface area contributed by atoms with E-state index in [2.05, 4.69) is 15.9 Å². The molecule has 0 aliphatic carbocycles. The summed E-state index contributed by atoms with van der Waals surface area (Å²) in [5, 5.41) is 0.557. The van der Waals surface area contributed by atoms with Gasteiger partial charge in [-0.25, -0.2) is 0 Å². The van der Waals surface area contributed by atoms with E-state index in [1.54, 1.807) is 19.2 Å². The maximum atomic E-state index is 10.9. The summed E-state index contributed by atoms with van der Waals surface area (Å²) in [6.45, 7) is 0. The highest BCUT2D eigenvalue weighted by Gasteiger charge is 2.12. The van der Waals surface area contributed by atoms with E-state index in [9.17, 15) is 4.79 Å². The summed E-state index contributed by atoms with van der Waals surface area (Å²) in [6, 6.07) is 3.50. The quantitative estimate of drug-likeness (QED) is 0.615. The number of hydrogen-bond donors (Lipinski definition) is 0. The summed E-state index contributed by atoms with van der Waals surface area (Å²) < 4.78 is 10.2. The summed E-state index contributed by atoms with van der Waals surface area (Å²) in [6.07, 6.45) is 0.776. The van der Waals surface area contributed by atoms with Gasteiger partial charge in [0.15, 0.2) is 6.29 Å². The Balaban J connectivity index is 3.35. The minimum Gasteiger partial charge on any atom is -0.496 e. The Bertz CT molecular complexity index is 336. The molecule has 0 atom stereocenters. The number of carbonyl (C=O) groups excluding carboxylic acids is 1. The first-order chi connectivity index (χ1) is 6.78. The lowest BCUT2D eigenvalue weighted by Gasteiger charge is -2.11. The Hall–Kier alpha value is -1.03. The van der Waals surface area contributed by atoms with Crippen molar-refractivity contribution >= 4 is 22.2 Å². The van der Waals surface area contributed by atoms with Crippen LogP contribution in [0.4, 0.5) is 0 Å². The first-order valence-electron chi connectivity index (χ1n) is 4.03. The molecule has 0 bridgehead atoms. The van der Waals surface area contributed by atoms with Crippen molar-refractivity contribution in [3.63, 3.8) is 0 Å². The predicted molar refractivity (Wildman–Crippen MR) is 57.6 cm³/mol. The fourth-order valence-corrected chi connectivity index (χ4v) is 1.84. The summed E-state index contributed by atoms with van der Waals surface area (Å²) in [7, 11) is 3.11. The van der Waals surface area contributed by atoms with Gasteiger partial charge in [-0.05, 0) is 12.1 Å². The average molecular weight is 259 g/mol. The van der Waals surface area contributed by atoms with Crippen LogP contribution in [0, 0.1) is 0 Å². The van der Waals surface area contributed by atoms with Crippen molar-refractivity contribution in [1.29, 1.82) is 0 Å². The molecule has 0 heterocycles. The predicted octanol–water partition coefficient (Wildman–Crippen LogP) is 2.41. The second-order valence-corrected chi connectivity index (χ2v) is 3.17. The second kappa shape index (κ2) is 5.00. The number of rotatable bonds is 4. The molecule has 0 saturated carbocycles. The van der Waals surface area contributed by atoms with Crippen LogP contribution in [-0.4, -0.2) is 20.5 Å². The first kappa shape index (κ1) is 11.0. The van der Waals surface area contributed by atoms with Crippen LogP contribution in [-0.2, 0) is 5.33 Å². The largest absolute Gasteiger partial charge is 0.496 e. The molecule has 0 aromatic heterocycles. The summed E-state index contributed by atoms with van der Waals surface area (Å²) in [4.78, 5) is 10.9. The molecule has 0 aliphatic rings. The monoisotopic (exact) mass is 258 g/mol. The van der Waals surface area contributed by atoms with Gasteiger partial charge >= 0.3 is 0 Å². The minimum absolute atomic E-state index is 0.531. The van der Waals surface area contributed by atoms with Gasteiger partial charge in [0.1, 0.15) is 11.5 Å². The highest BCUT2D eigenvalue weighted by Crippen LogP contribution is 2.30. The molecule has 0 N–H and O–H groups in total. The summed E-state index contributed by atoms with van der Waals surface area (Å²) in [5.74, 6) is 1.25. The number of aldehydes is 1. The van der Waals surface area contributed by atoms with E-state index in [0.717, 1.165) is 11.8 Å². The van der Waals surface area contributed by atoms with Crippen molar-refractivity contribution in [3.05, 3.63) is 23.3 Å². The maximum Gasteiger partial charge on any atom is 0.154 e. The number of methoxy groups -OCH3 is 2. The Morgan fingerprint density at radius 3 is 2.29 bits per heavy atom. The van der Waals surface area contributed by atoms with Gasteiger partial charge in [-0.2, -0.15) is 0 Å².